The summed E-state index contributed by atoms with van der Waals surface area (Å²) in [6.07, 6.45) is 5.72. The minimum absolute atomic E-state index is 0.121. The van der Waals surface area contributed by atoms with E-state index in [1.54, 1.807) is 29.9 Å². The number of aromatic nitrogens is 3. The zero-order valence-corrected chi connectivity index (χ0v) is 9.24. The van der Waals surface area contributed by atoms with Crippen molar-refractivity contribution >= 4 is 11.3 Å². The van der Waals surface area contributed by atoms with Crippen molar-refractivity contribution in [2.75, 3.05) is 0 Å². The van der Waals surface area contributed by atoms with Crippen LogP contribution in [0, 0.1) is 6.92 Å². The Morgan fingerprint density at radius 1 is 1.47 bits per heavy atom. The molecule has 0 aliphatic heterocycles. The van der Waals surface area contributed by atoms with Gasteiger partial charge in [0.25, 0.3) is 0 Å². The lowest BCUT2D eigenvalue weighted by molar-refractivity contribution is 0.687. The molecule has 15 heavy (non-hydrogen) atoms. The van der Waals surface area contributed by atoms with Crippen LogP contribution in [0.3, 0.4) is 0 Å². The van der Waals surface area contributed by atoms with Crippen LogP contribution in [0.2, 0.25) is 0 Å². The fraction of sp³-hybridized carbons (Fsp3) is 0.300. The summed E-state index contributed by atoms with van der Waals surface area (Å²) in [6.45, 7) is 1.98. The molecule has 2 heterocycles. The summed E-state index contributed by atoms with van der Waals surface area (Å²) >= 11 is 1.63. The van der Waals surface area contributed by atoms with E-state index >= 15 is 0 Å². The van der Waals surface area contributed by atoms with Crippen LogP contribution >= 0.6 is 11.3 Å². The highest BCUT2D eigenvalue weighted by molar-refractivity contribution is 7.09. The Kier molecular flexibility index (Phi) is 3.03. The van der Waals surface area contributed by atoms with E-state index in [-0.39, 0.29) is 6.04 Å². The maximum absolute atomic E-state index is 6.00. The van der Waals surface area contributed by atoms with E-state index in [1.165, 1.54) is 0 Å². The maximum Gasteiger partial charge on any atom is 0.0947 e. The van der Waals surface area contributed by atoms with E-state index in [0.29, 0.717) is 0 Å². The van der Waals surface area contributed by atoms with Gasteiger partial charge in [0.05, 0.1) is 16.7 Å². The zero-order valence-electron chi connectivity index (χ0n) is 8.42. The Hall–Kier alpha value is -1.33. The van der Waals surface area contributed by atoms with Crippen LogP contribution in [0.5, 0.6) is 0 Å². The van der Waals surface area contributed by atoms with E-state index < -0.39 is 0 Å². The Bertz CT molecular complexity index is 426. The van der Waals surface area contributed by atoms with Crippen LogP contribution in [-0.2, 0) is 6.42 Å². The molecule has 4 nitrogen and oxygen atoms in total. The fourth-order valence-corrected chi connectivity index (χ4v) is 2.12. The van der Waals surface area contributed by atoms with Crippen molar-refractivity contribution in [3.05, 3.63) is 40.4 Å². The first-order valence-corrected chi connectivity index (χ1v) is 5.56. The predicted molar refractivity (Wildman–Crippen MR) is 59.5 cm³/mol. The first kappa shape index (κ1) is 10.2. The van der Waals surface area contributed by atoms with E-state index in [1.807, 2.05) is 12.3 Å². The van der Waals surface area contributed by atoms with Gasteiger partial charge in [0.2, 0.25) is 0 Å². The molecule has 0 aromatic carbocycles. The highest BCUT2D eigenvalue weighted by atomic mass is 32.1. The summed E-state index contributed by atoms with van der Waals surface area (Å²) in [4.78, 5) is 12.5. The summed E-state index contributed by atoms with van der Waals surface area (Å²) in [5.41, 5.74) is 7.85. The van der Waals surface area contributed by atoms with Crippen molar-refractivity contribution in [1.82, 2.24) is 15.0 Å². The molecular weight excluding hydrogens is 208 g/mol. The second kappa shape index (κ2) is 4.46. The summed E-state index contributed by atoms with van der Waals surface area (Å²) in [5, 5.41) is 3.07. The van der Waals surface area contributed by atoms with Crippen molar-refractivity contribution < 1.29 is 0 Å². The van der Waals surface area contributed by atoms with Crippen molar-refractivity contribution in [2.45, 2.75) is 19.4 Å². The number of thiazole rings is 1. The molecule has 78 valence electrons. The van der Waals surface area contributed by atoms with Gasteiger partial charge in [0.1, 0.15) is 0 Å². The Morgan fingerprint density at radius 2 is 2.33 bits per heavy atom. The molecule has 2 aromatic heterocycles. The summed E-state index contributed by atoms with van der Waals surface area (Å²) in [5.74, 6) is 0. The minimum atomic E-state index is -0.121. The van der Waals surface area contributed by atoms with Gasteiger partial charge in [-0.25, -0.2) is 4.98 Å². The normalized spacial score (nSPS) is 12.7. The number of aryl methyl sites for hydroxylation is 1. The molecule has 0 saturated heterocycles. The number of nitrogens with zero attached hydrogens (tertiary/aromatic N) is 3. The number of nitrogens with two attached hydrogens (primary N) is 1. The SMILES string of the molecule is Cc1csc(CC(N)c2cnccn2)n1. The van der Waals surface area contributed by atoms with E-state index in [4.69, 9.17) is 5.73 Å². The lowest BCUT2D eigenvalue weighted by atomic mass is 10.2. The van der Waals surface area contributed by atoms with Crippen LogP contribution in [0.15, 0.2) is 24.0 Å². The van der Waals surface area contributed by atoms with Crippen LogP contribution in [0.25, 0.3) is 0 Å². The van der Waals surface area contributed by atoms with Gasteiger partial charge in [-0.05, 0) is 6.92 Å². The van der Waals surface area contributed by atoms with Crippen molar-refractivity contribution in [3.8, 4) is 0 Å². The molecule has 0 aliphatic rings. The molecule has 0 saturated carbocycles. The Labute approximate surface area is 92.2 Å². The van der Waals surface area contributed by atoms with Crippen molar-refractivity contribution in [3.63, 3.8) is 0 Å². The third-order valence-corrected chi connectivity index (χ3v) is 3.01. The smallest absolute Gasteiger partial charge is 0.0947 e. The average molecular weight is 220 g/mol. The molecule has 0 aliphatic carbocycles. The molecule has 0 bridgehead atoms. The molecule has 2 aromatic rings. The van der Waals surface area contributed by atoms with Gasteiger partial charge in [-0.2, -0.15) is 0 Å². The monoisotopic (exact) mass is 220 g/mol. The third kappa shape index (κ3) is 2.57. The highest BCUT2D eigenvalue weighted by Crippen LogP contribution is 2.16. The van der Waals surface area contributed by atoms with E-state index in [9.17, 15) is 0 Å². The van der Waals surface area contributed by atoms with Gasteiger partial charge in [-0.1, -0.05) is 0 Å². The fourth-order valence-electron chi connectivity index (χ4n) is 1.29. The molecule has 5 heteroatoms. The topological polar surface area (TPSA) is 64.7 Å². The average Bonchev–Trinajstić information content (AvgIpc) is 2.65. The summed E-state index contributed by atoms with van der Waals surface area (Å²) in [7, 11) is 0. The first-order valence-electron chi connectivity index (χ1n) is 4.68. The zero-order chi connectivity index (χ0) is 10.7. The molecule has 0 fully saturated rings. The molecule has 2 rings (SSSR count). The molecule has 1 unspecified atom stereocenters. The van der Waals surface area contributed by atoms with E-state index in [2.05, 4.69) is 15.0 Å². The van der Waals surface area contributed by atoms with Gasteiger partial charge in [0.15, 0.2) is 0 Å². The molecule has 0 amide bonds. The molecule has 0 radical (unpaired) electrons. The largest absolute Gasteiger partial charge is 0.322 e. The third-order valence-electron chi connectivity index (χ3n) is 2.02. The van der Waals surface area contributed by atoms with Crippen molar-refractivity contribution in [1.29, 1.82) is 0 Å². The standard InChI is InChI=1S/C10H12N4S/c1-7-6-15-10(14-7)4-8(11)9-5-12-2-3-13-9/h2-3,5-6,8H,4,11H2,1H3. The number of hydrogen-bond donors (Lipinski definition) is 1. The Balaban J connectivity index is 2.07. The maximum atomic E-state index is 6.00. The lowest BCUT2D eigenvalue weighted by Crippen LogP contribution is -2.14. The van der Waals surface area contributed by atoms with Gasteiger partial charge in [0, 0.05) is 36.1 Å². The second-order valence-corrected chi connectivity index (χ2v) is 4.27. The quantitative estimate of drug-likeness (QED) is 0.851. The summed E-state index contributed by atoms with van der Waals surface area (Å²) < 4.78 is 0. The van der Waals surface area contributed by atoms with Crippen LogP contribution in [0.1, 0.15) is 22.4 Å². The van der Waals surface area contributed by atoms with Crippen LogP contribution in [-0.4, -0.2) is 15.0 Å². The first-order chi connectivity index (χ1) is 7.25. The van der Waals surface area contributed by atoms with Crippen molar-refractivity contribution in [2.24, 2.45) is 5.73 Å². The molecule has 0 spiro atoms. The van der Waals surface area contributed by atoms with Gasteiger partial charge in [-0.3, -0.25) is 9.97 Å². The molecule has 2 N–H and O–H groups in total. The van der Waals surface area contributed by atoms with E-state index in [0.717, 1.165) is 22.8 Å². The predicted octanol–water partition coefficient (Wildman–Crippen LogP) is 1.48. The molecular formula is C10H12N4S. The van der Waals surface area contributed by atoms with Gasteiger partial charge >= 0.3 is 0 Å². The van der Waals surface area contributed by atoms with Gasteiger partial charge in [-0.15, -0.1) is 11.3 Å². The lowest BCUT2D eigenvalue weighted by Gasteiger charge is -2.07. The second-order valence-electron chi connectivity index (χ2n) is 3.32. The summed E-state index contributed by atoms with van der Waals surface area (Å²) in [6, 6.07) is -0.121. The highest BCUT2D eigenvalue weighted by Gasteiger charge is 2.10. The minimum Gasteiger partial charge on any atom is -0.322 e. The number of rotatable bonds is 3. The van der Waals surface area contributed by atoms with Crippen LogP contribution < -0.4 is 5.73 Å². The number of hydrogen-bond acceptors (Lipinski definition) is 5. The Morgan fingerprint density at radius 3 is 2.93 bits per heavy atom. The molecule has 1 atom stereocenters. The van der Waals surface area contributed by atoms with Gasteiger partial charge < -0.3 is 5.73 Å². The van der Waals surface area contributed by atoms with Crippen LogP contribution in [0.4, 0.5) is 0 Å².